The molecule has 26 heavy (non-hydrogen) atoms. The van der Waals surface area contributed by atoms with Gasteiger partial charge in [-0.3, -0.25) is 4.90 Å². The average molecular weight is 382 g/mol. The molecule has 0 bridgehead atoms. The average Bonchev–Trinajstić information content (AvgIpc) is 2.69. The molecule has 1 aromatic carbocycles. The number of benzene rings is 1. The van der Waals surface area contributed by atoms with Crippen LogP contribution >= 0.6 is 0 Å². The number of rotatable bonds is 4. The molecule has 0 atom stereocenters. The van der Waals surface area contributed by atoms with Crippen LogP contribution in [0.4, 0.5) is 0 Å². The lowest BCUT2D eigenvalue weighted by atomic mass is 9.97. The van der Waals surface area contributed by atoms with E-state index >= 15 is 0 Å². The van der Waals surface area contributed by atoms with Crippen LogP contribution in [-0.4, -0.2) is 76.8 Å². The number of piperidine rings is 1. The zero-order chi connectivity index (χ0) is 18.0. The minimum Gasteiger partial charge on any atom is -0.486 e. The molecule has 0 radical (unpaired) electrons. The predicted molar refractivity (Wildman–Crippen MR) is 96.2 cm³/mol. The molecule has 0 unspecified atom stereocenters. The van der Waals surface area contributed by atoms with E-state index in [0.29, 0.717) is 43.7 Å². The van der Waals surface area contributed by atoms with Crippen LogP contribution in [0.25, 0.3) is 0 Å². The van der Waals surface area contributed by atoms with E-state index in [-0.39, 0.29) is 4.90 Å². The summed E-state index contributed by atoms with van der Waals surface area (Å²) in [5, 5.41) is 0. The molecule has 0 spiro atoms. The van der Waals surface area contributed by atoms with E-state index in [2.05, 4.69) is 4.90 Å². The molecule has 2 fully saturated rings. The summed E-state index contributed by atoms with van der Waals surface area (Å²) < 4.78 is 43.9. The third-order valence-electron chi connectivity index (χ3n) is 5.35. The summed E-state index contributed by atoms with van der Waals surface area (Å²) in [4.78, 5) is 2.72. The van der Waals surface area contributed by atoms with Crippen LogP contribution in [-0.2, 0) is 14.8 Å². The summed E-state index contributed by atoms with van der Waals surface area (Å²) in [6, 6.07) is 4.89. The van der Waals surface area contributed by atoms with Gasteiger partial charge in [-0.2, -0.15) is 4.31 Å². The Bertz CT molecular complexity index is 725. The van der Waals surface area contributed by atoms with Crippen LogP contribution in [0.15, 0.2) is 23.1 Å². The second kappa shape index (κ2) is 7.72. The molecule has 8 heteroatoms. The highest BCUT2D eigenvalue weighted by Crippen LogP contribution is 2.34. The molecular weight excluding hydrogens is 356 g/mol. The van der Waals surface area contributed by atoms with Gasteiger partial charge >= 0.3 is 0 Å². The fourth-order valence-electron chi connectivity index (χ4n) is 3.81. The number of hydrogen-bond donors (Lipinski definition) is 0. The fourth-order valence-corrected chi connectivity index (χ4v) is 5.30. The van der Waals surface area contributed by atoms with Gasteiger partial charge < -0.3 is 14.2 Å². The highest BCUT2D eigenvalue weighted by Gasteiger charge is 2.31. The number of morpholine rings is 1. The maximum atomic E-state index is 13.0. The van der Waals surface area contributed by atoms with Crippen molar-refractivity contribution in [2.45, 2.75) is 17.7 Å². The first-order valence-corrected chi connectivity index (χ1v) is 10.8. The fraction of sp³-hybridized carbons (Fsp3) is 0.667. The van der Waals surface area contributed by atoms with Crippen molar-refractivity contribution in [1.29, 1.82) is 0 Å². The monoisotopic (exact) mass is 382 g/mol. The summed E-state index contributed by atoms with van der Waals surface area (Å²) in [5.41, 5.74) is 0. The second-order valence-corrected chi connectivity index (χ2v) is 9.00. The Balaban J connectivity index is 1.38. The molecule has 0 aromatic heterocycles. The number of ether oxygens (including phenoxy) is 3. The summed E-state index contributed by atoms with van der Waals surface area (Å²) in [6.45, 7) is 6.71. The van der Waals surface area contributed by atoms with Crippen molar-refractivity contribution >= 4 is 10.0 Å². The van der Waals surface area contributed by atoms with Gasteiger partial charge in [0.15, 0.2) is 11.5 Å². The van der Waals surface area contributed by atoms with Crippen molar-refractivity contribution in [1.82, 2.24) is 9.21 Å². The summed E-state index contributed by atoms with van der Waals surface area (Å²) in [7, 11) is -3.49. The van der Waals surface area contributed by atoms with Crippen LogP contribution in [0.3, 0.4) is 0 Å². The van der Waals surface area contributed by atoms with E-state index in [1.807, 2.05) is 0 Å². The van der Waals surface area contributed by atoms with Crippen LogP contribution in [0.5, 0.6) is 11.5 Å². The van der Waals surface area contributed by atoms with E-state index in [9.17, 15) is 8.42 Å². The molecular formula is C18H26N2O5S. The van der Waals surface area contributed by atoms with Gasteiger partial charge in [0.2, 0.25) is 10.0 Å². The molecule has 0 saturated carbocycles. The van der Waals surface area contributed by atoms with E-state index in [0.717, 1.165) is 45.7 Å². The third-order valence-corrected chi connectivity index (χ3v) is 7.24. The molecule has 3 aliphatic rings. The number of fused-ring (bicyclic) bond motifs is 1. The zero-order valence-corrected chi connectivity index (χ0v) is 15.7. The van der Waals surface area contributed by atoms with Gasteiger partial charge in [0.1, 0.15) is 13.2 Å². The van der Waals surface area contributed by atoms with Crippen LogP contribution in [0, 0.1) is 5.92 Å². The van der Waals surface area contributed by atoms with Gasteiger partial charge in [0.25, 0.3) is 0 Å². The van der Waals surface area contributed by atoms with Gasteiger partial charge in [0, 0.05) is 38.8 Å². The molecule has 0 N–H and O–H groups in total. The highest BCUT2D eigenvalue weighted by molar-refractivity contribution is 7.89. The maximum absolute atomic E-state index is 13.0. The molecule has 4 rings (SSSR count). The normalized spacial score (nSPS) is 23.1. The van der Waals surface area contributed by atoms with Gasteiger partial charge in [-0.25, -0.2) is 8.42 Å². The Morgan fingerprint density at radius 3 is 2.35 bits per heavy atom. The van der Waals surface area contributed by atoms with Gasteiger partial charge in [0.05, 0.1) is 18.1 Å². The number of hydrogen-bond acceptors (Lipinski definition) is 6. The molecule has 144 valence electrons. The topological polar surface area (TPSA) is 68.3 Å². The standard InChI is InChI=1S/C18H26N2O5S/c21-26(22,16-1-2-17-18(13-16)25-12-11-24-17)20-5-3-15(4-6-20)14-19-7-9-23-10-8-19/h1-2,13,15H,3-12,14H2. The lowest BCUT2D eigenvalue weighted by Gasteiger charge is -2.35. The Labute approximate surface area is 154 Å². The molecule has 3 heterocycles. The highest BCUT2D eigenvalue weighted by atomic mass is 32.2. The number of nitrogens with zero attached hydrogens (tertiary/aromatic N) is 2. The van der Waals surface area contributed by atoms with Crippen LogP contribution in [0.2, 0.25) is 0 Å². The molecule has 0 amide bonds. The Kier molecular flexibility index (Phi) is 5.35. The van der Waals surface area contributed by atoms with Crippen molar-refractivity contribution in [3.05, 3.63) is 18.2 Å². The van der Waals surface area contributed by atoms with E-state index in [1.54, 1.807) is 22.5 Å². The number of sulfonamides is 1. The zero-order valence-electron chi connectivity index (χ0n) is 14.9. The lowest BCUT2D eigenvalue weighted by molar-refractivity contribution is 0.0269. The SMILES string of the molecule is O=S(=O)(c1ccc2c(c1)OCCO2)N1CCC(CN2CCOCC2)CC1. The quantitative estimate of drug-likeness (QED) is 0.779. The molecule has 2 saturated heterocycles. The molecule has 0 aliphatic carbocycles. The smallest absolute Gasteiger partial charge is 0.243 e. The molecule has 1 aromatic rings. The third kappa shape index (κ3) is 3.83. The lowest BCUT2D eigenvalue weighted by Crippen LogP contribution is -2.44. The molecule has 7 nitrogen and oxygen atoms in total. The van der Waals surface area contributed by atoms with Gasteiger partial charge in [-0.05, 0) is 30.9 Å². The first kappa shape index (κ1) is 18.0. The largest absolute Gasteiger partial charge is 0.486 e. The summed E-state index contributed by atoms with van der Waals surface area (Å²) in [5.74, 6) is 1.68. The first-order valence-electron chi connectivity index (χ1n) is 9.33. The summed E-state index contributed by atoms with van der Waals surface area (Å²) in [6.07, 6.45) is 1.81. The maximum Gasteiger partial charge on any atom is 0.243 e. The van der Waals surface area contributed by atoms with E-state index < -0.39 is 10.0 Å². The van der Waals surface area contributed by atoms with Crippen LogP contribution in [0.1, 0.15) is 12.8 Å². The first-order chi connectivity index (χ1) is 12.6. The minimum absolute atomic E-state index is 0.286. The van der Waals surface area contributed by atoms with Crippen molar-refractivity contribution < 1.29 is 22.6 Å². The van der Waals surface area contributed by atoms with Crippen molar-refractivity contribution in [3.8, 4) is 11.5 Å². The van der Waals surface area contributed by atoms with E-state index in [1.165, 1.54) is 0 Å². The van der Waals surface area contributed by atoms with Crippen molar-refractivity contribution in [3.63, 3.8) is 0 Å². The summed E-state index contributed by atoms with van der Waals surface area (Å²) >= 11 is 0. The second-order valence-electron chi connectivity index (χ2n) is 7.07. The Morgan fingerprint density at radius 1 is 0.923 bits per heavy atom. The Morgan fingerprint density at radius 2 is 1.62 bits per heavy atom. The van der Waals surface area contributed by atoms with Crippen molar-refractivity contribution in [2.24, 2.45) is 5.92 Å². The minimum atomic E-state index is -3.49. The van der Waals surface area contributed by atoms with Crippen molar-refractivity contribution in [2.75, 3.05) is 59.2 Å². The van der Waals surface area contributed by atoms with E-state index in [4.69, 9.17) is 14.2 Å². The molecule has 3 aliphatic heterocycles. The van der Waals surface area contributed by atoms with Crippen LogP contribution < -0.4 is 9.47 Å². The Hall–Kier alpha value is -1.35. The predicted octanol–water partition coefficient (Wildman–Crippen LogP) is 1.19. The van der Waals surface area contributed by atoms with Gasteiger partial charge in [-0.15, -0.1) is 0 Å². The van der Waals surface area contributed by atoms with Gasteiger partial charge in [-0.1, -0.05) is 0 Å².